The molecule has 1 aromatic carbocycles. The minimum absolute atomic E-state index is 0.431. The van der Waals surface area contributed by atoms with Gasteiger partial charge in [-0.05, 0) is 55.8 Å². The highest BCUT2D eigenvalue weighted by Gasteiger charge is 2.32. The quantitative estimate of drug-likeness (QED) is 0.863. The molecule has 1 saturated carbocycles. The molecular weight excluding hydrogens is 256 g/mol. The van der Waals surface area contributed by atoms with Crippen molar-refractivity contribution < 1.29 is 0 Å². The summed E-state index contributed by atoms with van der Waals surface area (Å²) in [6, 6.07) is 9.48. The Bertz CT molecular complexity index is 520. The Morgan fingerprint density at radius 3 is 2.81 bits per heavy atom. The van der Waals surface area contributed by atoms with Crippen LogP contribution in [0, 0.1) is 17.8 Å². The first kappa shape index (κ1) is 14.6. The Morgan fingerprint density at radius 2 is 2.00 bits per heavy atom. The minimum atomic E-state index is 0.431. The Labute approximate surface area is 128 Å². The number of hydrogen-bond acceptors (Lipinski definition) is 2. The van der Waals surface area contributed by atoms with Crippen molar-refractivity contribution in [3.8, 4) is 11.8 Å². The lowest BCUT2D eigenvalue weighted by Crippen LogP contribution is -2.34. The van der Waals surface area contributed by atoms with Gasteiger partial charge in [-0.1, -0.05) is 36.8 Å². The third-order valence-electron chi connectivity index (χ3n) is 5.01. The van der Waals surface area contributed by atoms with Crippen LogP contribution in [0.5, 0.6) is 0 Å². The van der Waals surface area contributed by atoms with E-state index in [1.807, 2.05) is 0 Å². The second-order valence-corrected chi connectivity index (χ2v) is 6.43. The molecule has 0 aromatic heterocycles. The number of nitrogens with two attached hydrogens (primary N) is 1. The fourth-order valence-electron chi connectivity index (χ4n) is 4.06. The van der Waals surface area contributed by atoms with Gasteiger partial charge in [-0.15, -0.1) is 0 Å². The second-order valence-electron chi connectivity index (χ2n) is 6.43. The highest BCUT2D eigenvalue weighted by atomic mass is 15.2. The highest BCUT2D eigenvalue weighted by Crippen LogP contribution is 2.36. The van der Waals surface area contributed by atoms with Crippen molar-refractivity contribution in [3.63, 3.8) is 0 Å². The van der Waals surface area contributed by atoms with Gasteiger partial charge < -0.3 is 5.73 Å². The van der Waals surface area contributed by atoms with Crippen LogP contribution < -0.4 is 5.73 Å². The van der Waals surface area contributed by atoms with Crippen LogP contribution in [0.3, 0.4) is 0 Å². The topological polar surface area (TPSA) is 29.3 Å². The first-order valence-electron chi connectivity index (χ1n) is 8.39. The molecule has 112 valence electrons. The van der Waals surface area contributed by atoms with Crippen molar-refractivity contribution in [2.24, 2.45) is 11.7 Å². The molecule has 1 aromatic rings. The normalized spacial score (nSPS) is 23.2. The summed E-state index contributed by atoms with van der Waals surface area (Å²) in [4.78, 5) is 2.71. The molecule has 2 nitrogen and oxygen atoms in total. The van der Waals surface area contributed by atoms with Crippen LogP contribution in [-0.2, 0) is 6.54 Å². The summed E-state index contributed by atoms with van der Waals surface area (Å²) in [6.07, 6.45) is 8.55. The third kappa shape index (κ3) is 3.67. The largest absolute Gasteiger partial charge is 0.320 e. The highest BCUT2D eigenvalue weighted by molar-refractivity contribution is 5.37. The van der Waals surface area contributed by atoms with Crippen LogP contribution in [0.4, 0.5) is 0 Å². The molecule has 1 aliphatic heterocycles. The van der Waals surface area contributed by atoms with E-state index < -0.39 is 0 Å². The molecule has 1 atom stereocenters. The smallest absolute Gasteiger partial charge is 0.0555 e. The van der Waals surface area contributed by atoms with E-state index in [1.165, 1.54) is 50.6 Å². The summed E-state index contributed by atoms with van der Waals surface area (Å²) >= 11 is 0. The van der Waals surface area contributed by atoms with Crippen molar-refractivity contribution in [1.29, 1.82) is 0 Å². The van der Waals surface area contributed by atoms with Crippen molar-refractivity contribution in [3.05, 3.63) is 35.4 Å². The zero-order chi connectivity index (χ0) is 14.5. The summed E-state index contributed by atoms with van der Waals surface area (Å²) in [7, 11) is 0. The Hall–Kier alpha value is -1.30. The lowest BCUT2D eigenvalue weighted by Gasteiger charge is -2.29. The molecule has 0 amide bonds. The molecule has 0 bridgehead atoms. The van der Waals surface area contributed by atoms with E-state index in [0.717, 1.165) is 24.1 Å². The molecule has 2 N–H and O–H groups in total. The summed E-state index contributed by atoms with van der Waals surface area (Å²) in [5, 5.41) is 0. The zero-order valence-corrected chi connectivity index (χ0v) is 12.9. The predicted octanol–water partition coefficient (Wildman–Crippen LogP) is 3.15. The zero-order valence-electron chi connectivity index (χ0n) is 12.9. The Morgan fingerprint density at radius 1 is 1.14 bits per heavy atom. The van der Waals surface area contributed by atoms with Crippen LogP contribution in [-0.4, -0.2) is 24.0 Å². The molecule has 3 rings (SSSR count). The summed E-state index contributed by atoms with van der Waals surface area (Å²) in [6.45, 7) is 2.78. The molecule has 2 aliphatic rings. The molecule has 1 heterocycles. The van der Waals surface area contributed by atoms with Crippen molar-refractivity contribution >= 4 is 0 Å². The van der Waals surface area contributed by atoms with Crippen LogP contribution in [0.15, 0.2) is 24.3 Å². The molecule has 2 fully saturated rings. The van der Waals surface area contributed by atoms with Gasteiger partial charge in [-0.25, -0.2) is 0 Å². The van der Waals surface area contributed by atoms with Crippen LogP contribution in [0.2, 0.25) is 0 Å². The van der Waals surface area contributed by atoms with E-state index in [0.29, 0.717) is 6.54 Å². The average Bonchev–Trinajstić information content (AvgIpc) is 3.16. The van der Waals surface area contributed by atoms with Crippen LogP contribution in [0.1, 0.15) is 49.7 Å². The number of hydrogen-bond donors (Lipinski definition) is 1. The molecular formula is C19H26N2. The average molecular weight is 282 g/mol. The fourth-order valence-corrected chi connectivity index (χ4v) is 4.06. The number of rotatable bonds is 3. The van der Waals surface area contributed by atoms with Crippen molar-refractivity contribution in [2.45, 2.75) is 51.1 Å². The SMILES string of the molecule is NCC#Cc1cccc(CN2CCCC2C2CCCC2)c1. The van der Waals surface area contributed by atoms with Gasteiger partial charge in [0.2, 0.25) is 0 Å². The van der Waals surface area contributed by atoms with E-state index in [-0.39, 0.29) is 0 Å². The van der Waals surface area contributed by atoms with E-state index in [4.69, 9.17) is 5.73 Å². The van der Waals surface area contributed by atoms with Gasteiger partial charge in [0.1, 0.15) is 0 Å². The second kappa shape index (κ2) is 7.11. The van der Waals surface area contributed by atoms with Gasteiger partial charge in [0.05, 0.1) is 6.54 Å². The molecule has 0 spiro atoms. The maximum absolute atomic E-state index is 5.45. The molecule has 1 aliphatic carbocycles. The maximum atomic E-state index is 5.45. The third-order valence-corrected chi connectivity index (χ3v) is 5.01. The van der Waals surface area contributed by atoms with Gasteiger partial charge in [-0.3, -0.25) is 4.90 Å². The summed E-state index contributed by atoms with van der Waals surface area (Å²) in [5.41, 5.74) is 7.94. The van der Waals surface area contributed by atoms with Gasteiger partial charge in [0.25, 0.3) is 0 Å². The lowest BCUT2D eigenvalue weighted by atomic mass is 9.95. The fraction of sp³-hybridized carbons (Fsp3) is 0.579. The number of nitrogens with zero attached hydrogens (tertiary/aromatic N) is 1. The molecule has 0 radical (unpaired) electrons. The van der Waals surface area contributed by atoms with Crippen LogP contribution >= 0.6 is 0 Å². The van der Waals surface area contributed by atoms with Crippen molar-refractivity contribution in [1.82, 2.24) is 4.90 Å². The maximum Gasteiger partial charge on any atom is 0.0555 e. The van der Waals surface area contributed by atoms with Crippen molar-refractivity contribution in [2.75, 3.05) is 13.1 Å². The van der Waals surface area contributed by atoms with Crippen LogP contribution in [0.25, 0.3) is 0 Å². The number of benzene rings is 1. The van der Waals surface area contributed by atoms with E-state index in [9.17, 15) is 0 Å². The van der Waals surface area contributed by atoms with E-state index in [2.05, 4.69) is 41.0 Å². The predicted molar refractivity (Wildman–Crippen MR) is 87.8 cm³/mol. The van der Waals surface area contributed by atoms with Gasteiger partial charge in [0, 0.05) is 18.2 Å². The summed E-state index contributed by atoms with van der Waals surface area (Å²) in [5.74, 6) is 7.04. The summed E-state index contributed by atoms with van der Waals surface area (Å²) < 4.78 is 0. The van der Waals surface area contributed by atoms with Gasteiger partial charge in [-0.2, -0.15) is 0 Å². The Balaban J connectivity index is 1.67. The molecule has 1 unspecified atom stereocenters. The Kier molecular flexibility index (Phi) is 4.95. The standard InChI is InChI=1S/C19H26N2/c20-12-4-8-16-6-3-7-17(14-16)15-21-13-5-11-19(21)18-9-1-2-10-18/h3,6-7,14,18-19H,1-2,5,9-13,15,20H2. The molecule has 1 saturated heterocycles. The molecule has 2 heteroatoms. The van der Waals surface area contributed by atoms with Gasteiger partial charge in [0.15, 0.2) is 0 Å². The lowest BCUT2D eigenvalue weighted by molar-refractivity contribution is 0.183. The first-order valence-corrected chi connectivity index (χ1v) is 8.39. The number of likely N-dealkylation sites (tertiary alicyclic amines) is 1. The van der Waals surface area contributed by atoms with E-state index >= 15 is 0 Å². The molecule has 21 heavy (non-hydrogen) atoms. The van der Waals surface area contributed by atoms with E-state index in [1.54, 1.807) is 0 Å². The monoisotopic (exact) mass is 282 g/mol. The first-order chi connectivity index (χ1) is 10.4. The van der Waals surface area contributed by atoms with Gasteiger partial charge >= 0.3 is 0 Å². The minimum Gasteiger partial charge on any atom is -0.320 e.